The lowest BCUT2D eigenvalue weighted by Gasteiger charge is -2.20. The lowest BCUT2D eigenvalue weighted by Crippen LogP contribution is -2.36. The summed E-state index contributed by atoms with van der Waals surface area (Å²) in [5.41, 5.74) is 1.92. The van der Waals surface area contributed by atoms with Crippen molar-refractivity contribution in [3.63, 3.8) is 0 Å². The van der Waals surface area contributed by atoms with Gasteiger partial charge in [0.15, 0.2) is 0 Å². The van der Waals surface area contributed by atoms with Gasteiger partial charge in [0, 0.05) is 36.0 Å². The van der Waals surface area contributed by atoms with E-state index in [2.05, 4.69) is 17.7 Å². The minimum absolute atomic E-state index is 0.0321. The average Bonchev–Trinajstić information content (AvgIpc) is 3.11. The molecule has 1 aromatic heterocycles. The number of aromatic nitrogens is 1. The molecule has 0 fully saturated rings. The van der Waals surface area contributed by atoms with Crippen molar-refractivity contribution >= 4 is 33.7 Å². The summed E-state index contributed by atoms with van der Waals surface area (Å²) in [5.74, 6) is -0.0904. The van der Waals surface area contributed by atoms with Gasteiger partial charge in [-0.2, -0.15) is 0 Å². The highest BCUT2D eigenvalue weighted by atomic mass is 16.5. The van der Waals surface area contributed by atoms with E-state index in [1.807, 2.05) is 42.5 Å². The molecular weight excluding hydrogens is 396 g/mol. The van der Waals surface area contributed by atoms with E-state index in [4.69, 9.17) is 9.47 Å². The number of aliphatic hydroxyl groups excluding tert-OH is 1. The number of ether oxygens (including phenoxy) is 2. The van der Waals surface area contributed by atoms with Gasteiger partial charge in [-0.3, -0.25) is 4.79 Å². The summed E-state index contributed by atoms with van der Waals surface area (Å²) >= 11 is 0. The minimum atomic E-state index is -0.851. The topological polar surface area (TPSA) is 81.0 Å². The molecule has 0 aliphatic rings. The summed E-state index contributed by atoms with van der Waals surface area (Å²) in [6, 6.07) is 13.6. The van der Waals surface area contributed by atoms with Gasteiger partial charge in [-0.25, -0.2) is 4.79 Å². The van der Waals surface area contributed by atoms with Crippen molar-refractivity contribution in [3.05, 3.63) is 67.8 Å². The molecule has 0 aliphatic heterocycles. The molecule has 7 heteroatoms. The third kappa shape index (κ3) is 4.95. The SMILES string of the molecule is C=CC(=O)OCCn1c2ccccc2c2c(OCC(O)CN(C)C(=O)C=C)cccc21. The molecule has 0 saturated carbocycles. The number of hydrogen-bond acceptors (Lipinski definition) is 5. The van der Waals surface area contributed by atoms with Crippen molar-refractivity contribution in [2.24, 2.45) is 0 Å². The van der Waals surface area contributed by atoms with E-state index in [1.165, 1.54) is 11.0 Å². The molecule has 3 rings (SSSR count). The highest BCUT2D eigenvalue weighted by Crippen LogP contribution is 2.35. The molecule has 0 radical (unpaired) electrons. The van der Waals surface area contributed by atoms with Crippen molar-refractivity contribution in [1.29, 1.82) is 0 Å². The largest absolute Gasteiger partial charge is 0.490 e. The molecule has 0 aliphatic carbocycles. The molecule has 1 N–H and O–H groups in total. The Hall–Kier alpha value is -3.58. The molecule has 1 atom stereocenters. The zero-order valence-corrected chi connectivity index (χ0v) is 17.5. The van der Waals surface area contributed by atoms with E-state index in [0.29, 0.717) is 12.3 Å². The molecule has 31 heavy (non-hydrogen) atoms. The van der Waals surface area contributed by atoms with Crippen LogP contribution in [0, 0.1) is 0 Å². The summed E-state index contributed by atoms with van der Waals surface area (Å²) in [5, 5.41) is 12.2. The van der Waals surface area contributed by atoms with Gasteiger partial charge in [0.1, 0.15) is 25.1 Å². The Morgan fingerprint density at radius 2 is 1.87 bits per heavy atom. The average molecular weight is 422 g/mol. The third-order valence-corrected chi connectivity index (χ3v) is 4.95. The van der Waals surface area contributed by atoms with Crippen LogP contribution in [0.15, 0.2) is 67.8 Å². The predicted octanol–water partition coefficient (Wildman–Crippen LogP) is 2.91. The number of esters is 1. The van der Waals surface area contributed by atoms with E-state index in [0.717, 1.165) is 27.9 Å². The van der Waals surface area contributed by atoms with Crippen molar-refractivity contribution in [2.75, 3.05) is 26.8 Å². The van der Waals surface area contributed by atoms with Gasteiger partial charge in [-0.05, 0) is 24.3 Å². The number of carbonyl (C=O) groups excluding carboxylic acids is 2. The van der Waals surface area contributed by atoms with Gasteiger partial charge in [0.25, 0.3) is 0 Å². The number of fused-ring (bicyclic) bond motifs is 3. The van der Waals surface area contributed by atoms with Crippen LogP contribution in [0.2, 0.25) is 0 Å². The molecule has 3 aromatic rings. The maximum absolute atomic E-state index is 11.6. The second-order valence-electron chi connectivity index (χ2n) is 7.08. The van der Waals surface area contributed by atoms with E-state index in [-0.39, 0.29) is 25.7 Å². The number of benzene rings is 2. The molecule has 0 saturated heterocycles. The van der Waals surface area contributed by atoms with Gasteiger partial charge in [0.2, 0.25) is 5.91 Å². The van der Waals surface area contributed by atoms with Crippen molar-refractivity contribution in [3.8, 4) is 5.75 Å². The Bertz CT molecular complexity index is 1120. The lowest BCUT2D eigenvalue weighted by atomic mass is 10.1. The number of nitrogens with zero attached hydrogens (tertiary/aromatic N) is 2. The zero-order chi connectivity index (χ0) is 22.4. The van der Waals surface area contributed by atoms with Crippen molar-refractivity contribution in [1.82, 2.24) is 9.47 Å². The number of hydrogen-bond donors (Lipinski definition) is 1. The summed E-state index contributed by atoms with van der Waals surface area (Å²) < 4.78 is 13.2. The maximum atomic E-state index is 11.6. The first kappa shape index (κ1) is 22.1. The third-order valence-electron chi connectivity index (χ3n) is 4.95. The smallest absolute Gasteiger partial charge is 0.330 e. The number of para-hydroxylation sites is 1. The Labute approximate surface area is 180 Å². The molecule has 1 unspecified atom stereocenters. The van der Waals surface area contributed by atoms with Gasteiger partial charge in [0.05, 0.1) is 12.1 Å². The zero-order valence-electron chi connectivity index (χ0n) is 17.5. The molecule has 0 spiro atoms. The van der Waals surface area contributed by atoms with Crippen LogP contribution in [-0.2, 0) is 20.9 Å². The molecule has 2 aromatic carbocycles. The van der Waals surface area contributed by atoms with E-state index in [1.54, 1.807) is 7.05 Å². The highest BCUT2D eigenvalue weighted by molar-refractivity contribution is 6.11. The second kappa shape index (κ2) is 9.95. The van der Waals surface area contributed by atoms with Crippen LogP contribution in [0.4, 0.5) is 0 Å². The van der Waals surface area contributed by atoms with Crippen molar-refractivity contribution in [2.45, 2.75) is 12.6 Å². The second-order valence-corrected chi connectivity index (χ2v) is 7.08. The first-order valence-corrected chi connectivity index (χ1v) is 9.93. The Balaban J connectivity index is 1.86. The Morgan fingerprint density at radius 1 is 1.13 bits per heavy atom. The Kier molecular flexibility index (Phi) is 7.10. The van der Waals surface area contributed by atoms with E-state index in [9.17, 15) is 14.7 Å². The lowest BCUT2D eigenvalue weighted by molar-refractivity contribution is -0.138. The summed E-state index contributed by atoms with van der Waals surface area (Å²) in [6.45, 7) is 7.71. The fourth-order valence-electron chi connectivity index (χ4n) is 3.52. The predicted molar refractivity (Wildman–Crippen MR) is 120 cm³/mol. The summed E-state index contributed by atoms with van der Waals surface area (Å²) in [4.78, 5) is 24.4. The first-order chi connectivity index (χ1) is 15.0. The minimum Gasteiger partial charge on any atom is -0.490 e. The fraction of sp³-hybridized carbons (Fsp3) is 0.250. The maximum Gasteiger partial charge on any atom is 0.330 e. The van der Waals surface area contributed by atoms with Crippen molar-refractivity contribution < 1.29 is 24.2 Å². The fourth-order valence-corrected chi connectivity index (χ4v) is 3.52. The molecule has 1 amide bonds. The molecule has 1 heterocycles. The first-order valence-electron chi connectivity index (χ1n) is 9.93. The normalized spacial score (nSPS) is 11.8. The highest BCUT2D eigenvalue weighted by Gasteiger charge is 2.17. The van der Waals surface area contributed by atoms with Crippen LogP contribution in [-0.4, -0.2) is 59.4 Å². The number of likely N-dealkylation sites (N-methyl/N-ethyl adjacent to an activating group) is 1. The monoisotopic (exact) mass is 422 g/mol. The van der Waals surface area contributed by atoms with Crippen LogP contribution < -0.4 is 4.74 Å². The summed E-state index contributed by atoms with van der Waals surface area (Å²) in [7, 11) is 1.60. The van der Waals surface area contributed by atoms with E-state index >= 15 is 0 Å². The Morgan fingerprint density at radius 3 is 2.61 bits per heavy atom. The van der Waals surface area contributed by atoms with Crippen LogP contribution >= 0.6 is 0 Å². The quantitative estimate of drug-likeness (QED) is 0.401. The number of amides is 1. The van der Waals surface area contributed by atoms with Crippen LogP contribution in [0.25, 0.3) is 21.8 Å². The van der Waals surface area contributed by atoms with Gasteiger partial charge < -0.3 is 24.0 Å². The van der Waals surface area contributed by atoms with Gasteiger partial charge in [-0.1, -0.05) is 37.4 Å². The molecule has 7 nitrogen and oxygen atoms in total. The molecular formula is C24H26N2O5. The van der Waals surface area contributed by atoms with Crippen LogP contribution in [0.1, 0.15) is 0 Å². The number of rotatable bonds is 10. The summed E-state index contributed by atoms with van der Waals surface area (Å²) in [6.07, 6.45) is 1.49. The van der Waals surface area contributed by atoms with E-state index < -0.39 is 12.1 Å². The molecule has 162 valence electrons. The van der Waals surface area contributed by atoms with Gasteiger partial charge in [-0.15, -0.1) is 0 Å². The van der Waals surface area contributed by atoms with Crippen LogP contribution in [0.5, 0.6) is 5.75 Å². The molecule has 0 bridgehead atoms. The van der Waals surface area contributed by atoms with Gasteiger partial charge >= 0.3 is 5.97 Å². The number of carbonyl (C=O) groups is 2. The van der Waals surface area contributed by atoms with Crippen LogP contribution in [0.3, 0.4) is 0 Å². The number of aliphatic hydroxyl groups is 1. The standard InChI is InChI=1S/C24H26N2O5/c1-4-22(28)25(3)15-17(27)16-31-21-12-8-11-20-24(21)18-9-6-7-10-19(18)26(20)13-14-30-23(29)5-2/h4-12,17,27H,1-2,13-16H2,3H3.